The number of carbonyl (C=O) groups excluding carboxylic acids is 1. The predicted octanol–water partition coefficient (Wildman–Crippen LogP) is 0.797. The number of aliphatic hydroxyl groups excluding tert-OH is 1. The summed E-state index contributed by atoms with van der Waals surface area (Å²) in [5.74, 6) is 1.05. The zero-order valence-electron chi connectivity index (χ0n) is 10.5. The van der Waals surface area contributed by atoms with Gasteiger partial charge in [0, 0.05) is 20.0 Å². The van der Waals surface area contributed by atoms with Crippen molar-refractivity contribution in [2.75, 3.05) is 20.7 Å². The molecule has 0 aromatic heterocycles. The molecular formula is C13H17NO4. The monoisotopic (exact) mass is 251 g/mol. The first-order valence-corrected chi connectivity index (χ1v) is 5.85. The molecule has 1 fully saturated rings. The Balaban J connectivity index is 2.16. The summed E-state index contributed by atoms with van der Waals surface area (Å²) in [6.07, 6.45) is 0.240. The van der Waals surface area contributed by atoms with Gasteiger partial charge in [-0.05, 0) is 17.7 Å². The van der Waals surface area contributed by atoms with Crippen LogP contribution >= 0.6 is 0 Å². The van der Waals surface area contributed by atoms with Crippen LogP contribution in [0.1, 0.15) is 12.0 Å². The van der Waals surface area contributed by atoms with Crippen LogP contribution in [0.2, 0.25) is 0 Å². The third-order valence-electron chi connectivity index (χ3n) is 3.06. The third kappa shape index (κ3) is 2.41. The second kappa shape index (κ2) is 5.27. The molecule has 1 amide bonds. The molecule has 0 saturated carbocycles. The van der Waals surface area contributed by atoms with Crippen LogP contribution < -0.4 is 9.47 Å². The van der Waals surface area contributed by atoms with Gasteiger partial charge in [0.1, 0.15) is 0 Å². The van der Waals surface area contributed by atoms with Crippen molar-refractivity contribution in [2.24, 2.45) is 0 Å². The van der Waals surface area contributed by atoms with Crippen molar-refractivity contribution in [1.82, 2.24) is 4.90 Å². The minimum Gasteiger partial charge on any atom is -0.493 e. The highest BCUT2D eigenvalue weighted by atomic mass is 16.5. The van der Waals surface area contributed by atoms with Gasteiger partial charge in [0.2, 0.25) is 0 Å². The Morgan fingerprint density at radius 3 is 2.78 bits per heavy atom. The summed E-state index contributed by atoms with van der Waals surface area (Å²) in [5.41, 5.74) is 0.745. The number of amides is 1. The van der Waals surface area contributed by atoms with Crippen LogP contribution in [0.5, 0.6) is 11.5 Å². The van der Waals surface area contributed by atoms with Crippen molar-refractivity contribution < 1.29 is 19.4 Å². The second-order valence-corrected chi connectivity index (χ2v) is 4.30. The van der Waals surface area contributed by atoms with Gasteiger partial charge in [0.25, 0.3) is 5.91 Å². The Kier molecular flexibility index (Phi) is 3.72. The average Bonchev–Trinajstić information content (AvgIpc) is 2.71. The van der Waals surface area contributed by atoms with E-state index in [1.165, 1.54) is 7.11 Å². The van der Waals surface area contributed by atoms with E-state index in [9.17, 15) is 4.79 Å². The maximum Gasteiger partial charge on any atom is 0.263 e. The minimum atomic E-state index is -0.441. The SMILES string of the molecule is COc1cc(CO)ccc1OC1CCN(C)C1=O. The van der Waals surface area contributed by atoms with Crippen molar-refractivity contribution >= 4 is 5.91 Å². The molecule has 0 bridgehead atoms. The van der Waals surface area contributed by atoms with E-state index in [-0.39, 0.29) is 12.5 Å². The summed E-state index contributed by atoms with van der Waals surface area (Å²) in [6.45, 7) is 0.655. The lowest BCUT2D eigenvalue weighted by Gasteiger charge is -2.15. The summed E-state index contributed by atoms with van der Waals surface area (Å²) < 4.78 is 10.9. The summed E-state index contributed by atoms with van der Waals surface area (Å²) >= 11 is 0. The van der Waals surface area contributed by atoms with E-state index in [2.05, 4.69) is 0 Å². The fourth-order valence-corrected chi connectivity index (χ4v) is 1.96. The van der Waals surface area contributed by atoms with Gasteiger partial charge in [-0.2, -0.15) is 0 Å². The van der Waals surface area contributed by atoms with E-state index in [0.717, 1.165) is 5.56 Å². The number of likely N-dealkylation sites (tertiary alicyclic amines) is 1. The molecule has 0 spiro atoms. The number of benzene rings is 1. The molecule has 1 heterocycles. The lowest BCUT2D eigenvalue weighted by Crippen LogP contribution is -2.29. The van der Waals surface area contributed by atoms with Gasteiger partial charge in [-0.25, -0.2) is 0 Å². The van der Waals surface area contributed by atoms with Crippen LogP contribution in [-0.2, 0) is 11.4 Å². The van der Waals surface area contributed by atoms with E-state index in [0.29, 0.717) is 24.5 Å². The van der Waals surface area contributed by atoms with Crippen molar-refractivity contribution in [3.05, 3.63) is 23.8 Å². The molecule has 2 rings (SSSR count). The molecule has 1 aromatic rings. The fourth-order valence-electron chi connectivity index (χ4n) is 1.96. The summed E-state index contributed by atoms with van der Waals surface area (Å²) in [7, 11) is 3.30. The minimum absolute atomic E-state index is 0.0108. The zero-order valence-corrected chi connectivity index (χ0v) is 10.5. The van der Waals surface area contributed by atoms with E-state index in [1.807, 2.05) is 0 Å². The van der Waals surface area contributed by atoms with Crippen LogP contribution in [0, 0.1) is 0 Å². The second-order valence-electron chi connectivity index (χ2n) is 4.30. The average molecular weight is 251 g/mol. The van der Waals surface area contributed by atoms with Gasteiger partial charge in [-0.1, -0.05) is 6.07 Å². The van der Waals surface area contributed by atoms with E-state index >= 15 is 0 Å². The predicted molar refractivity (Wildman–Crippen MR) is 65.6 cm³/mol. The number of nitrogens with zero attached hydrogens (tertiary/aromatic N) is 1. The first-order chi connectivity index (χ1) is 8.65. The highest BCUT2D eigenvalue weighted by molar-refractivity contribution is 5.83. The van der Waals surface area contributed by atoms with Crippen LogP contribution in [-0.4, -0.2) is 42.7 Å². The number of hydrogen-bond donors (Lipinski definition) is 1. The smallest absolute Gasteiger partial charge is 0.263 e. The Bertz CT molecular complexity index is 447. The summed E-state index contributed by atoms with van der Waals surface area (Å²) in [4.78, 5) is 13.4. The van der Waals surface area contributed by atoms with Crippen molar-refractivity contribution in [3.63, 3.8) is 0 Å². The number of rotatable bonds is 4. The Morgan fingerprint density at radius 2 is 2.22 bits per heavy atom. The molecule has 0 aliphatic carbocycles. The molecule has 1 aliphatic rings. The first kappa shape index (κ1) is 12.7. The number of hydrogen-bond acceptors (Lipinski definition) is 4. The number of ether oxygens (including phenoxy) is 2. The topological polar surface area (TPSA) is 59.0 Å². The van der Waals surface area contributed by atoms with Gasteiger partial charge < -0.3 is 19.5 Å². The summed E-state index contributed by atoms with van der Waals surface area (Å²) in [6, 6.07) is 5.18. The number of likely N-dealkylation sites (N-methyl/N-ethyl adjacent to an activating group) is 1. The van der Waals surface area contributed by atoms with E-state index < -0.39 is 6.10 Å². The largest absolute Gasteiger partial charge is 0.493 e. The Morgan fingerprint density at radius 1 is 1.44 bits per heavy atom. The molecule has 1 atom stereocenters. The number of methoxy groups -OCH3 is 1. The summed E-state index contributed by atoms with van der Waals surface area (Å²) in [5, 5.41) is 9.05. The third-order valence-corrected chi connectivity index (χ3v) is 3.06. The van der Waals surface area contributed by atoms with Crippen LogP contribution in [0.25, 0.3) is 0 Å². The standard InChI is InChI=1S/C13H17NO4/c1-14-6-5-11(13(14)16)18-10-4-3-9(8-15)7-12(10)17-2/h3-4,7,11,15H,5-6,8H2,1-2H3. The van der Waals surface area contributed by atoms with Crippen molar-refractivity contribution in [2.45, 2.75) is 19.1 Å². The molecule has 1 aliphatic heterocycles. The van der Waals surface area contributed by atoms with Crippen LogP contribution in [0.15, 0.2) is 18.2 Å². The molecular weight excluding hydrogens is 234 g/mol. The first-order valence-electron chi connectivity index (χ1n) is 5.85. The number of aliphatic hydroxyl groups is 1. The lowest BCUT2D eigenvalue weighted by atomic mass is 10.2. The molecule has 98 valence electrons. The quantitative estimate of drug-likeness (QED) is 0.859. The molecule has 1 aromatic carbocycles. The lowest BCUT2D eigenvalue weighted by molar-refractivity contribution is -0.132. The molecule has 0 radical (unpaired) electrons. The zero-order chi connectivity index (χ0) is 13.1. The molecule has 5 heteroatoms. The van der Waals surface area contributed by atoms with Gasteiger partial charge in [-0.15, -0.1) is 0 Å². The molecule has 1 unspecified atom stereocenters. The molecule has 1 N–H and O–H groups in total. The highest BCUT2D eigenvalue weighted by Gasteiger charge is 2.31. The van der Waals surface area contributed by atoms with E-state index in [1.54, 1.807) is 30.1 Å². The molecule has 1 saturated heterocycles. The van der Waals surface area contributed by atoms with Crippen LogP contribution in [0.3, 0.4) is 0 Å². The normalized spacial score (nSPS) is 19.2. The van der Waals surface area contributed by atoms with Gasteiger partial charge >= 0.3 is 0 Å². The maximum absolute atomic E-state index is 11.8. The van der Waals surface area contributed by atoms with Crippen molar-refractivity contribution in [3.8, 4) is 11.5 Å². The van der Waals surface area contributed by atoms with Crippen molar-refractivity contribution in [1.29, 1.82) is 0 Å². The van der Waals surface area contributed by atoms with E-state index in [4.69, 9.17) is 14.6 Å². The van der Waals surface area contributed by atoms with Gasteiger partial charge in [-0.3, -0.25) is 4.79 Å². The van der Waals surface area contributed by atoms with Gasteiger partial charge in [0.15, 0.2) is 17.6 Å². The van der Waals surface area contributed by atoms with Crippen LogP contribution in [0.4, 0.5) is 0 Å². The highest BCUT2D eigenvalue weighted by Crippen LogP contribution is 2.30. The fraction of sp³-hybridized carbons (Fsp3) is 0.462. The maximum atomic E-state index is 11.8. The molecule has 18 heavy (non-hydrogen) atoms. The Labute approximate surface area is 106 Å². The molecule has 5 nitrogen and oxygen atoms in total. The van der Waals surface area contributed by atoms with Gasteiger partial charge in [0.05, 0.1) is 13.7 Å². The Hall–Kier alpha value is -1.75. The number of carbonyl (C=O) groups is 1.